The van der Waals surface area contributed by atoms with E-state index in [4.69, 9.17) is 18.9 Å². The van der Waals surface area contributed by atoms with E-state index in [-0.39, 0.29) is 6.04 Å². The van der Waals surface area contributed by atoms with Crippen LogP contribution in [0.25, 0.3) is 0 Å². The summed E-state index contributed by atoms with van der Waals surface area (Å²) >= 11 is 0. The van der Waals surface area contributed by atoms with Gasteiger partial charge in [-0.3, -0.25) is 4.90 Å². The normalized spacial score (nSPS) is 22.4. The van der Waals surface area contributed by atoms with Crippen LogP contribution in [-0.2, 0) is 16.0 Å². The van der Waals surface area contributed by atoms with Gasteiger partial charge in [0, 0.05) is 32.5 Å². The van der Waals surface area contributed by atoms with E-state index in [1.54, 1.807) is 6.26 Å². The fourth-order valence-electron chi connectivity index (χ4n) is 3.58. The number of anilines is 1. The Bertz CT molecular complexity index is 673. The van der Waals surface area contributed by atoms with E-state index >= 15 is 0 Å². The van der Waals surface area contributed by atoms with Gasteiger partial charge in [0.15, 0.2) is 0 Å². The average Bonchev–Trinajstić information content (AvgIpc) is 3.22. The second kappa shape index (κ2) is 8.62. The number of morpholine rings is 1. The summed E-state index contributed by atoms with van der Waals surface area (Å²) in [6.07, 6.45) is 5.76. The van der Waals surface area contributed by atoms with Gasteiger partial charge in [0.05, 0.1) is 32.1 Å². The minimum Gasteiger partial charge on any atom is -0.467 e. The molecule has 2 saturated heterocycles. The van der Waals surface area contributed by atoms with Gasteiger partial charge in [-0.2, -0.15) is 0 Å². The third-order valence-electron chi connectivity index (χ3n) is 5.07. The van der Waals surface area contributed by atoms with E-state index in [0.717, 1.165) is 63.2 Å². The molecule has 0 aliphatic carbocycles. The molecule has 1 unspecified atom stereocenters. The Balaban J connectivity index is 1.42. The third-order valence-corrected chi connectivity index (χ3v) is 5.07. The van der Waals surface area contributed by atoms with E-state index in [0.29, 0.717) is 19.1 Å². The smallest absolute Gasteiger partial charge is 0.150 e. The lowest BCUT2D eigenvalue weighted by Gasteiger charge is -2.37. The van der Waals surface area contributed by atoms with Gasteiger partial charge in [-0.15, -0.1) is 0 Å². The van der Waals surface area contributed by atoms with Crippen molar-refractivity contribution in [1.82, 2.24) is 14.9 Å². The predicted octanol–water partition coefficient (Wildman–Crippen LogP) is 2.48. The monoisotopic (exact) mass is 358 g/mol. The summed E-state index contributed by atoms with van der Waals surface area (Å²) in [7, 11) is 0. The highest BCUT2D eigenvalue weighted by Crippen LogP contribution is 2.26. The van der Waals surface area contributed by atoms with Gasteiger partial charge in [0.2, 0.25) is 0 Å². The second-order valence-electron chi connectivity index (χ2n) is 6.87. The van der Waals surface area contributed by atoms with Crippen molar-refractivity contribution in [3.8, 4) is 0 Å². The molecule has 0 spiro atoms. The summed E-state index contributed by atoms with van der Waals surface area (Å²) in [5, 5.41) is 3.30. The number of ether oxygens (including phenoxy) is 2. The fraction of sp³-hybridized carbons (Fsp3) is 0.579. The molecule has 1 N–H and O–H groups in total. The highest BCUT2D eigenvalue weighted by molar-refractivity contribution is 5.33. The molecular weight excluding hydrogens is 332 g/mol. The number of nitrogens with zero attached hydrogens (tertiary/aromatic N) is 3. The molecule has 2 aliphatic rings. The van der Waals surface area contributed by atoms with Crippen LogP contribution in [0.3, 0.4) is 0 Å². The molecule has 1 atom stereocenters. The minimum absolute atomic E-state index is 0.108. The lowest BCUT2D eigenvalue weighted by atomic mass is 9.98. The molecule has 2 aliphatic heterocycles. The topological polar surface area (TPSA) is 72.7 Å². The van der Waals surface area contributed by atoms with Gasteiger partial charge >= 0.3 is 0 Å². The van der Waals surface area contributed by atoms with Gasteiger partial charge in [-0.1, -0.05) is 0 Å². The summed E-state index contributed by atoms with van der Waals surface area (Å²) in [6.45, 7) is 5.77. The van der Waals surface area contributed by atoms with E-state index in [1.165, 1.54) is 0 Å². The lowest BCUT2D eigenvalue weighted by molar-refractivity contribution is -0.0295. The van der Waals surface area contributed by atoms with Gasteiger partial charge in [-0.05, 0) is 37.0 Å². The van der Waals surface area contributed by atoms with Crippen molar-refractivity contribution in [2.24, 2.45) is 5.92 Å². The van der Waals surface area contributed by atoms with Crippen molar-refractivity contribution < 1.29 is 13.9 Å². The Morgan fingerprint density at radius 1 is 1.15 bits per heavy atom. The van der Waals surface area contributed by atoms with Crippen LogP contribution in [0, 0.1) is 5.92 Å². The zero-order valence-corrected chi connectivity index (χ0v) is 15.0. The highest BCUT2D eigenvalue weighted by atomic mass is 16.5. The zero-order valence-electron chi connectivity index (χ0n) is 15.0. The van der Waals surface area contributed by atoms with Gasteiger partial charge in [0.1, 0.15) is 17.4 Å². The van der Waals surface area contributed by atoms with Crippen LogP contribution in [0.4, 0.5) is 5.82 Å². The zero-order chi connectivity index (χ0) is 17.6. The Morgan fingerprint density at radius 3 is 2.92 bits per heavy atom. The highest BCUT2D eigenvalue weighted by Gasteiger charge is 2.29. The Hall–Kier alpha value is -1.96. The Kier molecular flexibility index (Phi) is 5.78. The molecule has 0 aromatic carbocycles. The lowest BCUT2D eigenvalue weighted by Crippen LogP contribution is -2.43. The molecule has 7 nitrogen and oxygen atoms in total. The van der Waals surface area contributed by atoms with Crippen molar-refractivity contribution in [1.29, 1.82) is 0 Å². The van der Waals surface area contributed by atoms with Crippen molar-refractivity contribution in [2.75, 3.05) is 44.8 Å². The third kappa shape index (κ3) is 4.41. The Morgan fingerprint density at radius 2 is 2.08 bits per heavy atom. The van der Waals surface area contributed by atoms with Gasteiger partial charge < -0.3 is 19.2 Å². The van der Waals surface area contributed by atoms with Gasteiger partial charge in [-0.25, -0.2) is 9.97 Å². The average molecular weight is 358 g/mol. The first kappa shape index (κ1) is 17.5. The van der Waals surface area contributed by atoms with Crippen molar-refractivity contribution in [3.63, 3.8) is 0 Å². The maximum Gasteiger partial charge on any atom is 0.150 e. The molecule has 26 heavy (non-hydrogen) atoms. The van der Waals surface area contributed by atoms with Crippen LogP contribution in [0.2, 0.25) is 0 Å². The fourth-order valence-corrected chi connectivity index (χ4v) is 3.58. The number of rotatable bonds is 6. The number of aromatic nitrogens is 2. The summed E-state index contributed by atoms with van der Waals surface area (Å²) in [5.74, 6) is 3.20. The van der Waals surface area contributed by atoms with Crippen molar-refractivity contribution in [2.45, 2.75) is 25.4 Å². The molecule has 2 aromatic rings. The number of nitrogens with one attached hydrogen (secondary N) is 1. The largest absolute Gasteiger partial charge is 0.467 e. The van der Waals surface area contributed by atoms with Crippen molar-refractivity contribution >= 4 is 5.82 Å². The summed E-state index contributed by atoms with van der Waals surface area (Å²) in [5.41, 5.74) is 0. The molecule has 4 rings (SSSR count). The molecule has 0 radical (unpaired) electrons. The number of hydrogen-bond acceptors (Lipinski definition) is 7. The molecular formula is C19H26N4O3. The Labute approximate surface area is 153 Å². The first-order valence-corrected chi connectivity index (χ1v) is 9.37. The van der Waals surface area contributed by atoms with Crippen LogP contribution >= 0.6 is 0 Å². The summed E-state index contributed by atoms with van der Waals surface area (Å²) in [4.78, 5) is 11.7. The predicted molar refractivity (Wildman–Crippen MR) is 96.7 cm³/mol. The molecule has 2 aromatic heterocycles. The van der Waals surface area contributed by atoms with Crippen LogP contribution < -0.4 is 5.32 Å². The van der Waals surface area contributed by atoms with Crippen LogP contribution in [-0.4, -0.2) is 54.4 Å². The van der Waals surface area contributed by atoms with E-state index in [2.05, 4.69) is 15.2 Å². The molecule has 0 saturated carbocycles. The SMILES string of the molecule is c1coc(CNc2ccnc(C3COCCN3CC3CCOCC3)n2)c1. The summed E-state index contributed by atoms with van der Waals surface area (Å²) < 4.78 is 16.6. The van der Waals surface area contributed by atoms with Gasteiger partial charge in [0.25, 0.3) is 0 Å². The molecule has 140 valence electrons. The number of hydrogen-bond donors (Lipinski definition) is 1. The van der Waals surface area contributed by atoms with E-state index in [1.807, 2.05) is 24.4 Å². The first-order chi connectivity index (χ1) is 12.9. The van der Waals surface area contributed by atoms with Crippen molar-refractivity contribution in [3.05, 3.63) is 42.2 Å². The molecule has 2 fully saturated rings. The molecule has 0 amide bonds. The summed E-state index contributed by atoms with van der Waals surface area (Å²) in [6, 6.07) is 5.83. The van der Waals surface area contributed by atoms with E-state index in [9.17, 15) is 0 Å². The molecule has 7 heteroatoms. The van der Waals surface area contributed by atoms with Crippen LogP contribution in [0.15, 0.2) is 35.1 Å². The molecule has 0 bridgehead atoms. The first-order valence-electron chi connectivity index (χ1n) is 9.37. The quantitative estimate of drug-likeness (QED) is 0.850. The standard InChI is InChI=1S/C19H26N4O3/c1-2-16(26-8-1)12-21-18-3-6-20-19(22-18)17-14-25-11-7-23(17)13-15-4-9-24-10-5-15/h1-3,6,8,15,17H,4-5,7,9-14H2,(H,20,21,22). The maximum absolute atomic E-state index is 5.73. The number of furan rings is 1. The van der Waals surface area contributed by atoms with E-state index < -0.39 is 0 Å². The maximum atomic E-state index is 5.73. The van der Waals surface area contributed by atoms with Crippen LogP contribution in [0.1, 0.15) is 30.5 Å². The van der Waals surface area contributed by atoms with Crippen LogP contribution in [0.5, 0.6) is 0 Å². The minimum atomic E-state index is 0.108. The molecule has 4 heterocycles. The second-order valence-corrected chi connectivity index (χ2v) is 6.87.